The zero-order valence-electron chi connectivity index (χ0n) is 11.5. The number of hydrogen-bond acceptors (Lipinski definition) is 4. The summed E-state index contributed by atoms with van der Waals surface area (Å²) in [6, 6.07) is 15.2. The number of halogens is 1. The Hall–Kier alpha value is -1.98. The van der Waals surface area contributed by atoms with Crippen LogP contribution in [0.1, 0.15) is 23.1 Å². The molecule has 0 aliphatic rings. The van der Waals surface area contributed by atoms with E-state index in [2.05, 4.69) is 26.1 Å². The first-order valence-electron chi connectivity index (χ1n) is 6.56. The van der Waals surface area contributed by atoms with Gasteiger partial charge in [-0.1, -0.05) is 51.4 Å². The molecule has 4 nitrogen and oxygen atoms in total. The first-order chi connectivity index (χ1) is 10.1. The van der Waals surface area contributed by atoms with Gasteiger partial charge in [0.15, 0.2) is 0 Å². The van der Waals surface area contributed by atoms with Gasteiger partial charge in [0.05, 0.1) is 0 Å². The molecule has 1 heterocycles. The smallest absolute Gasteiger partial charge is 0.248 e. The van der Waals surface area contributed by atoms with E-state index < -0.39 is 6.04 Å². The van der Waals surface area contributed by atoms with Crippen LogP contribution in [-0.2, 0) is 0 Å². The molecule has 0 amide bonds. The van der Waals surface area contributed by atoms with E-state index in [1.807, 2.05) is 55.5 Å². The number of aryl methyl sites for hydroxylation is 1. The molecule has 0 saturated carbocycles. The monoisotopic (exact) mass is 343 g/mol. The Morgan fingerprint density at radius 2 is 1.90 bits per heavy atom. The summed E-state index contributed by atoms with van der Waals surface area (Å²) in [7, 11) is 0. The maximum Gasteiger partial charge on any atom is 0.248 e. The molecule has 0 bridgehead atoms. The summed E-state index contributed by atoms with van der Waals surface area (Å²) in [6.07, 6.45) is 0. The fraction of sp³-hybridized carbons (Fsp3) is 0.125. The maximum absolute atomic E-state index is 6.17. The molecule has 0 saturated heterocycles. The predicted octanol–water partition coefficient (Wildman–Crippen LogP) is 3.86. The van der Waals surface area contributed by atoms with Crippen LogP contribution in [-0.4, -0.2) is 10.1 Å². The van der Waals surface area contributed by atoms with Crippen LogP contribution in [0.3, 0.4) is 0 Å². The van der Waals surface area contributed by atoms with Crippen molar-refractivity contribution in [2.24, 2.45) is 5.73 Å². The van der Waals surface area contributed by atoms with E-state index >= 15 is 0 Å². The van der Waals surface area contributed by atoms with Crippen molar-refractivity contribution in [3.8, 4) is 11.4 Å². The van der Waals surface area contributed by atoms with E-state index in [-0.39, 0.29) is 0 Å². The fourth-order valence-electron chi connectivity index (χ4n) is 2.15. The van der Waals surface area contributed by atoms with E-state index in [1.165, 1.54) is 0 Å². The largest absolute Gasteiger partial charge is 0.337 e. The number of nitrogens with two attached hydrogens (primary N) is 1. The highest BCUT2D eigenvalue weighted by atomic mass is 79.9. The molecule has 0 aliphatic heterocycles. The zero-order valence-corrected chi connectivity index (χ0v) is 13.0. The van der Waals surface area contributed by atoms with Gasteiger partial charge in [0.2, 0.25) is 11.7 Å². The van der Waals surface area contributed by atoms with Gasteiger partial charge >= 0.3 is 0 Å². The van der Waals surface area contributed by atoms with Gasteiger partial charge in [0.25, 0.3) is 0 Å². The summed E-state index contributed by atoms with van der Waals surface area (Å²) in [5.74, 6) is 0.972. The van der Waals surface area contributed by atoms with E-state index in [0.29, 0.717) is 11.7 Å². The average Bonchev–Trinajstić information content (AvgIpc) is 2.97. The Morgan fingerprint density at radius 1 is 1.14 bits per heavy atom. The van der Waals surface area contributed by atoms with E-state index in [0.717, 1.165) is 21.2 Å². The Bertz CT molecular complexity index is 755. The van der Waals surface area contributed by atoms with Crippen LogP contribution >= 0.6 is 15.9 Å². The summed E-state index contributed by atoms with van der Waals surface area (Å²) in [5, 5.41) is 4.04. The van der Waals surface area contributed by atoms with Crippen LogP contribution in [0.15, 0.2) is 57.5 Å². The molecule has 0 aliphatic carbocycles. The summed E-state index contributed by atoms with van der Waals surface area (Å²) in [6.45, 7) is 2.01. The number of nitrogens with zero attached hydrogens (tertiary/aromatic N) is 2. The second kappa shape index (κ2) is 5.79. The van der Waals surface area contributed by atoms with Crippen LogP contribution in [0, 0.1) is 6.92 Å². The van der Waals surface area contributed by atoms with Gasteiger partial charge in [-0.25, -0.2) is 0 Å². The minimum Gasteiger partial charge on any atom is -0.337 e. The molecule has 0 spiro atoms. The highest BCUT2D eigenvalue weighted by molar-refractivity contribution is 9.10. The van der Waals surface area contributed by atoms with E-state index in [4.69, 9.17) is 10.3 Å². The third kappa shape index (κ3) is 2.89. The number of rotatable bonds is 3. The maximum atomic E-state index is 6.17. The highest BCUT2D eigenvalue weighted by Gasteiger charge is 2.18. The lowest BCUT2D eigenvalue weighted by Crippen LogP contribution is -2.11. The van der Waals surface area contributed by atoms with Crippen molar-refractivity contribution in [2.75, 3.05) is 0 Å². The van der Waals surface area contributed by atoms with Crippen molar-refractivity contribution < 1.29 is 4.52 Å². The normalized spacial score (nSPS) is 12.3. The van der Waals surface area contributed by atoms with Crippen molar-refractivity contribution in [1.29, 1.82) is 0 Å². The van der Waals surface area contributed by atoms with Gasteiger partial charge in [-0.3, -0.25) is 0 Å². The number of benzene rings is 2. The predicted molar refractivity (Wildman–Crippen MR) is 84.6 cm³/mol. The average molecular weight is 344 g/mol. The van der Waals surface area contributed by atoms with Crippen LogP contribution in [0.2, 0.25) is 0 Å². The summed E-state index contributed by atoms with van der Waals surface area (Å²) in [4.78, 5) is 4.43. The molecule has 3 rings (SSSR count). The highest BCUT2D eigenvalue weighted by Crippen LogP contribution is 2.26. The molecule has 106 valence electrons. The minimum atomic E-state index is -0.414. The second-order valence-electron chi connectivity index (χ2n) is 4.80. The molecule has 0 unspecified atom stereocenters. The first kappa shape index (κ1) is 14.0. The summed E-state index contributed by atoms with van der Waals surface area (Å²) < 4.78 is 6.34. The van der Waals surface area contributed by atoms with E-state index in [9.17, 15) is 0 Å². The number of aromatic nitrogens is 2. The summed E-state index contributed by atoms with van der Waals surface area (Å²) in [5.41, 5.74) is 9.12. The van der Waals surface area contributed by atoms with Crippen molar-refractivity contribution in [3.63, 3.8) is 0 Å². The molecule has 2 N–H and O–H groups in total. The van der Waals surface area contributed by atoms with Gasteiger partial charge in [-0.15, -0.1) is 0 Å². The Morgan fingerprint density at radius 3 is 2.62 bits per heavy atom. The lowest BCUT2D eigenvalue weighted by Gasteiger charge is -2.05. The third-order valence-corrected chi connectivity index (χ3v) is 3.79. The quantitative estimate of drug-likeness (QED) is 0.784. The Labute approximate surface area is 131 Å². The third-order valence-electron chi connectivity index (χ3n) is 3.30. The van der Waals surface area contributed by atoms with Crippen LogP contribution in [0.4, 0.5) is 0 Å². The molecule has 0 radical (unpaired) electrons. The van der Waals surface area contributed by atoms with E-state index in [1.54, 1.807) is 0 Å². The van der Waals surface area contributed by atoms with Crippen molar-refractivity contribution in [2.45, 2.75) is 13.0 Å². The Kier molecular flexibility index (Phi) is 3.86. The van der Waals surface area contributed by atoms with Gasteiger partial charge < -0.3 is 10.3 Å². The molecule has 2 aromatic carbocycles. The standard InChI is InChI=1S/C16H14BrN3O/c1-10-9-12(17)7-8-13(10)15-19-16(21-20-15)14(18)11-5-3-2-4-6-11/h2-9,14H,18H2,1H3/t14-/m1/s1. The first-order valence-corrected chi connectivity index (χ1v) is 7.35. The minimum absolute atomic E-state index is 0.414. The summed E-state index contributed by atoms with van der Waals surface area (Å²) >= 11 is 3.44. The molecule has 5 heteroatoms. The number of hydrogen-bond donors (Lipinski definition) is 1. The van der Waals surface area contributed by atoms with Crippen molar-refractivity contribution in [3.05, 3.63) is 70.0 Å². The SMILES string of the molecule is Cc1cc(Br)ccc1-c1noc([C@H](N)c2ccccc2)n1. The molecule has 21 heavy (non-hydrogen) atoms. The Balaban J connectivity index is 1.93. The molecule has 1 aromatic heterocycles. The molecular weight excluding hydrogens is 330 g/mol. The second-order valence-corrected chi connectivity index (χ2v) is 5.72. The fourth-order valence-corrected chi connectivity index (χ4v) is 2.63. The molecular formula is C16H14BrN3O. The van der Waals surface area contributed by atoms with Gasteiger partial charge in [0.1, 0.15) is 6.04 Å². The van der Waals surface area contributed by atoms with Gasteiger partial charge in [-0.2, -0.15) is 4.98 Å². The van der Waals surface area contributed by atoms with Crippen molar-refractivity contribution >= 4 is 15.9 Å². The van der Waals surface area contributed by atoms with Crippen LogP contribution in [0.25, 0.3) is 11.4 Å². The van der Waals surface area contributed by atoms with Gasteiger partial charge in [0, 0.05) is 10.0 Å². The van der Waals surface area contributed by atoms with Crippen LogP contribution < -0.4 is 5.73 Å². The molecule has 3 aromatic rings. The molecule has 1 atom stereocenters. The van der Waals surface area contributed by atoms with Gasteiger partial charge in [-0.05, 0) is 36.2 Å². The lowest BCUT2D eigenvalue weighted by atomic mass is 10.1. The zero-order chi connectivity index (χ0) is 14.8. The molecule has 0 fully saturated rings. The van der Waals surface area contributed by atoms with Crippen molar-refractivity contribution in [1.82, 2.24) is 10.1 Å². The topological polar surface area (TPSA) is 64.9 Å². The van der Waals surface area contributed by atoms with Crippen LogP contribution in [0.5, 0.6) is 0 Å². The lowest BCUT2D eigenvalue weighted by molar-refractivity contribution is 0.367.